The molecule has 2 N–H and O–H groups in total. The Morgan fingerprint density at radius 1 is 1.32 bits per heavy atom. The first-order valence-corrected chi connectivity index (χ1v) is 6.21. The number of hydrogen-bond acceptors (Lipinski definition) is 2. The molecule has 0 saturated carbocycles. The summed E-state index contributed by atoms with van der Waals surface area (Å²) in [5.74, 6) is -4.00. The lowest BCUT2D eigenvalue weighted by molar-refractivity contribution is 0.0936. The van der Waals surface area contributed by atoms with E-state index in [-0.39, 0.29) is 5.92 Å². The van der Waals surface area contributed by atoms with Crippen molar-refractivity contribution in [1.82, 2.24) is 10.6 Å². The van der Waals surface area contributed by atoms with E-state index in [1.165, 1.54) is 0 Å². The predicted octanol–water partition coefficient (Wildman–Crippen LogP) is 1.83. The molecule has 1 aromatic rings. The van der Waals surface area contributed by atoms with Crippen LogP contribution in [0, 0.1) is 23.4 Å². The van der Waals surface area contributed by atoms with Crippen molar-refractivity contribution in [2.75, 3.05) is 19.6 Å². The third-order valence-corrected chi connectivity index (χ3v) is 3.18. The smallest absolute Gasteiger partial charge is 0.257 e. The minimum absolute atomic E-state index is 0.254. The van der Waals surface area contributed by atoms with E-state index in [0.717, 1.165) is 25.9 Å². The molecular weight excluding hydrogens is 257 g/mol. The summed E-state index contributed by atoms with van der Waals surface area (Å²) in [7, 11) is 0. The van der Waals surface area contributed by atoms with Crippen LogP contribution in [0.5, 0.6) is 0 Å². The van der Waals surface area contributed by atoms with Crippen molar-refractivity contribution in [1.29, 1.82) is 0 Å². The van der Waals surface area contributed by atoms with Gasteiger partial charge in [0.2, 0.25) is 0 Å². The highest BCUT2D eigenvalue weighted by molar-refractivity contribution is 5.94. The number of halogens is 3. The Bertz CT molecular complexity index is 450. The second-order valence-corrected chi connectivity index (χ2v) is 4.67. The maximum atomic E-state index is 13.4. The van der Waals surface area contributed by atoms with Crippen LogP contribution in [-0.2, 0) is 0 Å². The van der Waals surface area contributed by atoms with Gasteiger partial charge in [-0.2, -0.15) is 0 Å². The molecule has 1 fully saturated rings. The van der Waals surface area contributed by atoms with E-state index < -0.39 is 28.9 Å². The number of nitrogens with one attached hydrogen (secondary N) is 2. The Morgan fingerprint density at radius 2 is 2.00 bits per heavy atom. The molecule has 1 saturated heterocycles. The molecule has 19 heavy (non-hydrogen) atoms. The van der Waals surface area contributed by atoms with Crippen LogP contribution in [0.4, 0.5) is 13.2 Å². The molecule has 104 valence electrons. The molecular formula is C13H15F3N2O. The number of rotatable bonds is 3. The molecule has 1 amide bonds. The number of carbonyl (C=O) groups is 1. The molecule has 6 heteroatoms. The van der Waals surface area contributed by atoms with Crippen LogP contribution in [0.1, 0.15) is 23.2 Å². The Morgan fingerprint density at radius 3 is 2.58 bits per heavy atom. The number of benzene rings is 1. The summed E-state index contributed by atoms with van der Waals surface area (Å²) >= 11 is 0. The Labute approximate surface area is 109 Å². The van der Waals surface area contributed by atoms with Crippen molar-refractivity contribution >= 4 is 5.91 Å². The van der Waals surface area contributed by atoms with Crippen molar-refractivity contribution in [3.63, 3.8) is 0 Å². The van der Waals surface area contributed by atoms with Gasteiger partial charge in [-0.15, -0.1) is 0 Å². The van der Waals surface area contributed by atoms with Gasteiger partial charge >= 0.3 is 0 Å². The van der Waals surface area contributed by atoms with E-state index in [2.05, 4.69) is 10.6 Å². The zero-order valence-electron chi connectivity index (χ0n) is 10.3. The van der Waals surface area contributed by atoms with Gasteiger partial charge in [-0.1, -0.05) is 0 Å². The van der Waals surface area contributed by atoms with E-state index in [4.69, 9.17) is 0 Å². The molecule has 0 aliphatic carbocycles. The average Bonchev–Trinajstić information content (AvgIpc) is 2.36. The lowest BCUT2D eigenvalue weighted by atomic mass is 9.99. The van der Waals surface area contributed by atoms with Crippen LogP contribution < -0.4 is 10.6 Å². The van der Waals surface area contributed by atoms with Crippen molar-refractivity contribution in [3.05, 3.63) is 35.1 Å². The van der Waals surface area contributed by atoms with Gasteiger partial charge in [-0.05, 0) is 31.8 Å². The van der Waals surface area contributed by atoms with Crippen LogP contribution in [0.2, 0.25) is 0 Å². The van der Waals surface area contributed by atoms with Crippen molar-refractivity contribution in [3.8, 4) is 0 Å². The second-order valence-electron chi connectivity index (χ2n) is 4.67. The van der Waals surface area contributed by atoms with Crippen LogP contribution >= 0.6 is 0 Å². The Kier molecular flexibility index (Phi) is 4.42. The van der Waals surface area contributed by atoms with Crippen LogP contribution in [0.15, 0.2) is 12.1 Å². The summed E-state index contributed by atoms with van der Waals surface area (Å²) in [5, 5.41) is 5.67. The molecule has 2 rings (SSSR count). The molecule has 1 atom stereocenters. The van der Waals surface area contributed by atoms with Gasteiger partial charge in [-0.25, -0.2) is 13.2 Å². The van der Waals surface area contributed by atoms with Crippen molar-refractivity contribution in [2.24, 2.45) is 5.92 Å². The summed E-state index contributed by atoms with van der Waals surface area (Å²) in [6.07, 6.45) is 1.97. The number of piperidine rings is 1. The van der Waals surface area contributed by atoms with Gasteiger partial charge < -0.3 is 10.6 Å². The average molecular weight is 272 g/mol. The molecule has 0 aromatic heterocycles. The predicted molar refractivity (Wildman–Crippen MR) is 64.2 cm³/mol. The van der Waals surface area contributed by atoms with E-state index in [0.29, 0.717) is 18.7 Å². The van der Waals surface area contributed by atoms with Gasteiger partial charge in [0.25, 0.3) is 5.91 Å². The normalized spacial score (nSPS) is 19.2. The molecule has 3 nitrogen and oxygen atoms in total. The van der Waals surface area contributed by atoms with Gasteiger partial charge in [-0.3, -0.25) is 4.79 Å². The summed E-state index contributed by atoms with van der Waals surface area (Å²) in [5.41, 5.74) is -0.731. The topological polar surface area (TPSA) is 41.1 Å². The standard InChI is InChI=1S/C13H15F3N2O/c14-9-4-10(15)12(11(16)5-9)13(19)18-7-8-2-1-3-17-6-8/h4-5,8,17H,1-3,6-7H2,(H,18,19). The van der Waals surface area contributed by atoms with Crippen LogP contribution in [0.25, 0.3) is 0 Å². The third-order valence-electron chi connectivity index (χ3n) is 3.18. The van der Waals surface area contributed by atoms with Gasteiger partial charge in [0, 0.05) is 18.7 Å². The number of amides is 1. The van der Waals surface area contributed by atoms with Gasteiger partial charge in [0.1, 0.15) is 23.0 Å². The first-order chi connectivity index (χ1) is 9.08. The molecule has 0 bridgehead atoms. The van der Waals surface area contributed by atoms with Crippen molar-refractivity contribution in [2.45, 2.75) is 12.8 Å². The molecule has 1 unspecified atom stereocenters. The molecule has 1 aliphatic heterocycles. The summed E-state index contributed by atoms with van der Waals surface area (Å²) < 4.78 is 39.5. The fourth-order valence-electron chi connectivity index (χ4n) is 2.18. The number of carbonyl (C=O) groups excluding carboxylic acids is 1. The highest BCUT2D eigenvalue weighted by atomic mass is 19.1. The van der Waals surface area contributed by atoms with Crippen LogP contribution in [-0.4, -0.2) is 25.5 Å². The monoisotopic (exact) mass is 272 g/mol. The maximum Gasteiger partial charge on any atom is 0.257 e. The van der Waals surface area contributed by atoms with E-state index in [9.17, 15) is 18.0 Å². The third kappa shape index (κ3) is 3.47. The zero-order valence-corrected chi connectivity index (χ0v) is 10.3. The first kappa shape index (κ1) is 13.9. The fraction of sp³-hybridized carbons (Fsp3) is 0.462. The minimum atomic E-state index is -1.18. The Hall–Kier alpha value is -1.56. The first-order valence-electron chi connectivity index (χ1n) is 6.21. The molecule has 1 aromatic carbocycles. The lowest BCUT2D eigenvalue weighted by Gasteiger charge is -2.22. The summed E-state index contributed by atoms with van der Waals surface area (Å²) in [6.45, 7) is 2.07. The van der Waals surface area contributed by atoms with Crippen LogP contribution in [0.3, 0.4) is 0 Å². The highest BCUT2D eigenvalue weighted by Crippen LogP contribution is 2.15. The Balaban J connectivity index is 1.99. The van der Waals surface area contributed by atoms with E-state index in [1.54, 1.807) is 0 Å². The van der Waals surface area contributed by atoms with E-state index >= 15 is 0 Å². The SMILES string of the molecule is O=C(NCC1CCCNC1)c1c(F)cc(F)cc1F. The molecule has 1 heterocycles. The molecule has 0 spiro atoms. The van der Waals surface area contributed by atoms with Gasteiger partial charge in [0.05, 0.1) is 0 Å². The quantitative estimate of drug-likeness (QED) is 0.881. The van der Waals surface area contributed by atoms with Gasteiger partial charge in [0.15, 0.2) is 0 Å². The zero-order chi connectivity index (χ0) is 13.8. The second kappa shape index (κ2) is 6.06. The summed E-state index contributed by atoms with van der Waals surface area (Å²) in [4.78, 5) is 11.7. The highest BCUT2D eigenvalue weighted by Gasteiger charge is 2.20. The largest absolute Gasteiger partial charge is 0.352 e. The molecule has 0 radical (unpaired) electrons. The summed E-state index contributed by atoms with van der Waals surface area (Å²) in [6, 6.07) is 1.00. The number of hydrogen-bond donors (Lipinski definition) is 2. The minimum Gasteiger partial charge on any atom is -0.352 e. The fourth-order valence-corrected chi connectivity index (χ4v) is 2.18. The van der Waals surface area contributed by atoms with Crippen molar-refractivity contribution < 1.29 is 18.0 Å². The molecule has 1 aliphatic rings. The van der Waals surface area contributed by atoms with E-state index in [1.807, 2.05) is 0 Å². The lowest BCUT2D eigenvalue weighted by Crippen LogP contribution is -2.38. The maximum absolute atomic E-state index is 13.4.